The molecule has 4 nitrogen and oxygen atoms in total. The lowest BCUT2D eigenvalue weighted by atomic mass is 9.85. The Bertz CT molecular complexity index is 319. The summed E-state index contributed by atoms with van der Waals surface area (Å²) in [5.74, 6) is -2.06. The number of hydrogen-bond acceptors (Lipinski definition) is 3. The molecule has 4 heteroatoms. The summed E-state index contributed by atoms with van der Waals surface area (Å²) < 4.78 is 0. The van der Waals surface area contributed by atoms with Crippen LogP contribution in [0.4, 0.5) is 0 Å². The molecule has 1 unspecified atom stereocenters. The minimum absolute atomic E-state index is 0.175. The maximum absolute atomic E-state index is 11.7. The van der Waals surface area contributed by atoms with Gasteiger partial charge in [-0.05, 0) is 25.7 Å². The second-order valence-corrected chi connectivity index (χ2v) is 3.80. The van der Waals surface area contributed by atoms with E-state index in [9.17, 15) is 9.59 Å². The molecule has 0 radical (unpaired) electrons. The smallest absolute Gasteiger partial charge is 0.316 e. The molecule has 0 saturated heterocycles. The van der Waals surface area contributed by atoms with Crippen LogP contribution in [0, 0.1) is 5.92 Å². The van der Waals surface area contributed by atoms with Crippen LogP contribution in [-0.4, -0.2) is 23.4 Å². The minimum Gasteiger partial charge on any atom is -0.481 e. The molecule has 0 fully saturated rings. The lowest BCUT2D eigenvalue weighted by Crippen LogP contribution is -2.41. The molecular formula is C10H13NO3. The van der Waals surface area contributed by atoms with Crippen LogP contribution in [0.3, 0.4) is 0 Å². The van der Waals surface area contributed by atoms with Crippen LogP contribution in [-0.2, 0) is 9.59 Å². The molecule has 0 aromatic carbocycles. The summed E-state index contributed by atoms with van der Waals surface area (Å²) in [6, 6.07) is 0. The molecule has 76 valence electrons. The van der Waals surface area contributed by atoms with E-state index in [2.05, 4.69) is 5.32 Å². The minimum atomic E-state index is -1.01. The van der Waals surface area contributed by atoms with Gasteiger partial charge in [-0.15, -0.1) is 0 Å². The van der Waals surface area contributed by atoms with Gasteiger partial charge < -0.3 is 10.4 Å². The van der Waals surface area contributed by atoms with Gasteiger partial charge in [-0.3, -0.25) is 9.59 Å². The standard InChI is InChI=1S/C10H13NO3/c12-9-6-3-1-2-4-8(6)11-5-7(9)10(13)14/h7,11H,1-5H2,(H,13,14). The van der Waals surface area contributed by atoms with Crippen LogP contribution in [0.25, 0.3) is 0 Å². The van der Waals surface area contributed by atoms with Crippen molar-refractivity contribution in [1.82, 2.24) is 5.32 Å². The maximum atomic E-state index is 11.7. The summed E-state index contributed by atoms with van der Waals surface area (Å²) in [5, 5.41) is 11.9. The van der Waals surface area contributed by atoms with Gasteiger partial charge in [0.25, 0.3) is 0 Å². The Labute approximate surface area is 82.0 Å². The maximum Gasteiger partial charge on any atom is 0.316 e. The molecule has 1 heterocycles. The second-order valence-electron chi connectivity index (χ2n) is 3.80. The normalized spacial score (nSPS) is 26.9. The Balaban J connectivity index is 2.26. The molecule has 0 spiro atoms. The topological polar surface area (TPSA) is 66.4 Å². The van der Waals surface area contributed by atoms with Crippen molar-refractivity contribution in [2.75, 3.05) is 6.54 Å². The first-order valence-corrected chi connectivity index (χ1v) is 4.93. The highest BCUT2D eigenvalue weighted by atomic mass is 16.4. The molecule has 0 aromatic heterocycles. The third kappa shape index (κ3) is 1.41. The Hall–Kier alpha value is -1.32. The molecule has 0 aromatic rings. The van der Waals surface area contributed by atoms with E-state index < -0.39 is 11.9 Å². The van der Waals surface area contributed by atoms with E-state index >= 15 is 0 Å². The van der Waals surface area contributed by atoms with Gasteiger partial charge >= 0.3 is 5.97 Å². The summed E-state index contributed by atoms with van der Waals surface area (Å²) >= 11 is 0. The predicted molar refractivity (Wildman–Crippen MR) is 49.6 cm³/mol. The summed E-state index contributed by atoms with van der Waals surface area (Å²) in [6.07, 6.45) is 3.73. The van der Waals surface area contributed by atoms with E-state index in [1.807, 2.05) is 0 Å². The van der Waals surface area contributed by atoms with Crippen LogP contribution in [0.1, 0.15) is 25.7 Å². The van der Waals surface area contributed by atoms with Gasteiger partial charge in [-0.2, -0.15) is 0 Å². The Kier molecular flexibility index (Phi) is 2.27. The molecule has 14 heavy (non-hydrogen) atoms. The molecule has 1 aliphatic carbocycles. The number of rotatable bonds is 1. The van der Waals surface area contributed by atoms with Gasteiger partial charge in [0.1, 0.15) is 5.92 Å². The van der Waals surface area contributed by atoms with Gasteiger partial charge in [-0.25, -0.2) is 0 Å². The van der Waals surface area contributed by atoms with Gasteiger partial charge in [0.05, 0.1) is 0 Å². The average Bonchev–Trinajstić information content (AvgIpc) is 2.18. The first-order valence-electron chi connectivity index (χ1n) is 4.93. The molecule has 2 aliphatic rings. The van der Waals surface area contributed by atoms with Crippen molar-refractivity contribution in [3.8, 4) is 0 Å². The third-order valence-electron chi connectivity index (χ3n) is 2.90. The van der Waals surface area contributed by atoms with Gasteiger partial charge in [0.2, 0.25) is 0 Å². The van der Waals surface area contributed by atoms with Crippen LogP contribution in [0.2, 0.25) is 0 Å². The fourth-order valence-corrected chi connectivity index (χ4v) is 2.10. The second kappa shape index (κ2) is 3.44. The Morgan fingerprint density at radius 3 is 2.79 bits per heavy atom. The van der Waals surface area contributed by atoms with Gasteiger partial charge in [0, 0.05) is 17.8 Å². The number of allylic oxidation sites excluding steroid dienone is 2. The quantitative estimate of drug-likeness (QED) is 0.604. The van der Waals surface area contributed by atoms with Crippen molar-refractivity contribution < 1.29 is 14.7 Å². The lowest BCUT2D eigenvalue weighted by Gasteiger charge is -2.28. The van der Waals surface area contributed by atoms with E-state index in [1.165, 1.54) is 0 Å². The van der Waals surface area contributed by atoms with Crippen LogP contribution in [0.5, 0.6) is 0 Å². The number of ketones is 1. The fourth-order valence-electron chi connectivity index (χ4n) is 2.10. The van der Waals surface area contributed by atoms with Gasteiger partial charge in [0.15, 0.2) is 5.78 Å². The summed E-state index contributed by atoms with van der Waals surface area (Å²) in [4.78, 5) is 22.5. The van der Waals surface area contributed by atoms with E-state index in [0.717, 1.165) is 37.0 Å². The zero-order valence-electron chi connectivity index (χ0n) is 7.88. The van der Waals surface area contributed by atoms with Crippen LogP contribution in [0.15, 0.2) is 11.3 Å². The number of carbonyl (C=O) groups is 2. The molecule has 0 bridgehead atoms. The van der Waals surface area contributed by atoms with E-state index in [1.54, 1.807) is 0 Å². The first kappa shape index (κ1) is 9.24. The summed E-state index contributed by atoms with van der Waals surface area (Å²) in [7, 11) is 0. The number of carboxylic acids is 1. The lowest BCUT2D eigenvalue weighted by molar-refractivity contribution is -0.145. The summed E-state index contributed by atoms with van der Waals surface area (Å²) in [5.41, 5.74) is 1.72. The molecular weight excluding hydrogens is 182 g/mol. The Morgan fingerprint density at radius 2 is 2.07 bits per heavy atom. The number of aliphatic carboxylic acids is 1. The summed E-state index contributed by atoms with van der Waals surface area (Å²) in [6.45, 7) is 0.257. The molecule has 1 atom stereocenters. The highest BCUT2D eigenvalue weighted by Crippen LogP contribution is 2.28. The molecule has 0 amide bonds. The number of carbonyl (C=O) groups excluding carboxylic acids is 1. The largest absolute Gasteiger partial charge is 0.481 e. The highest BCUT2D eigenvalue weighted by molar-refractivity contribution is 6.09. The Morgan fingerprint density at radius 1 is 1.36 bits per heavy atom. The number of hydrogen-bond donors (Lipinski definition) is 2. The molecule has 1 aliphatic heterocycles. The van der Waals surface area contributed by atoms with Crippen LogP contribution >= 0.6 is 0 Å². The molecule has 2 N–H and O–H groups in total. The van der Waals surface area contributed by atoms with Gasteiger partial charge in [-0.1, -0.05) is 0 Å². The van der Waals surface area contributed by atoms with E-state index in [0.29, 0.717) is 0 Å². The zero-order chi connectivity index (χ0) is 10.1. The number of nitrogens with one attached hydrogen (secondary N) is 1. The first-order chi connectivity index (χ1) is 6.70. The fraction of sp³-hybridized carbons (Fsp3) is 0.600. The predicted octanol–water partition coefficient (Wildman–Crippen LogP) is 0.688. The molecule has 2 rings (SSSR count). The van der Waals surface area contributed by atoms with E-state index in [4.69, 9.17) is 5.11 Å². The van der Waals surface area contributed by atoms with E-state index in [-0.39, 0.29) is 12.3 Å². The van der Waals surface area contributed by atoms with Crippen molar-refractivity contribution in [3.63, 3.8) is 0 Å². The monoisotopic (exact) mass is 195 g/mol. The van der Waals surface area contributed by atoms with Crippen molar-refractivity contribution in [3.05, 3.63) is 11.3 Å². The van der Waals surface area contributed by atoms with Crippen molar-refractivity contribution >= 4 is 11.8 Å². The zero-order valence-corrected chi connectivity index (χ0v) is 7.88. The average molecular weight is 195 g/mol. The molecule has 0 saturated carbocycles. The number of carboxylic acid groups (broad SMARTS) is 1. The number of Topliss-reactive ketones (excluding diaryl/α,β-unsaturated/α-hetero) is 1. The van der Waals surface area contributed by atoms with Crippen molar-refractivity contribution in [2.24, 2.45) is 5.92 Å². The van der Waals surface area contributed by atoms with Crippen molar-refractivity contribution in [1.29, 1.82) is 0 Å². The highest BCUT2D eigenvalue weighted by Gasteiger charge is 2.34. The van der Waals surface area contributed by atoms with Crippen LogP contribution < -0.4 is 5.32 Å². The SMILES string of the molecule is O=C(O)C1CNC2=C(CCCC2)C1=O. The third-order valence-corrected chi connectivity index (χ3v) is 2.90. The van der Waals surface area contributed by atoms with Crippen molar-refractivity contribution in [2.45, 2.75) is 25.7 Å².